The van der Waals surface area contributed by atoms with E-state index in [0.29, 0.717) is 11.9 Å². The molecule has 0 saturated carbocycles. The van der Waals surface area contributed by atoms with Crippen LogP contribution in [0.1, 0.15) is 19.8 Å². The summed E-state index contributed by atoms with van der Waals surface area (Å²) in [5.74, 6) is 2.02. The molecular weight excluding hydrogens is 256 g/mol. The molecule has 7 heteroatoms. The number of hydrogen-bond acceptors (Lipinski definition) is 6. The second-order valence-electron chi connectivity index (χ2n) is 5.07. The highest BCUT2D eigenvalue weighted by Crippen LogP contribution is 2.21. The number of ether oxygens (including phenoxy) is 1. The van der Waals surface area contributed by atoms with Gasteiger partial charge in [0.25, 0.3) is 0 Å². The van der Waals surface area contributed by atoms with Crippen molar-refractivity contribution in [3.63, 3.8) is 0 Å². The van der Waals surface area contributed by atoms with Crippen LogP contribution in [0.5, 0.6) is 0 Å². The van der Waals surface area contributed by atoms with Crippen LogP contribution in [-0.4, -0.2) is 46.5 Å². The summed E-state index contributed by atoms with van der Waals surface area (Å²) < 4.78 is 5.39. The minimum Gasteiger partial charge on any atom is -0.381 e. The maximum absolute atomic E-state index is 5.39. The van der Waals surface area contributed by atoms with E-state index in [-0.39, 0.29) is 0 Å². The largest absolute Gasteiger partial charge is 0.381 e. The highest BCUT2D eigenvalue weighted by Gasteiger charge is 2.16. The third kappa shape index (κ3) is 2.82. The Balaban J connectivity index is 1.77. The van der Waals surface area contributed by atoms with Crippen LogP contribution in [0.4, 0.5) is 11.8 Å². The molecule has 1 atom stereocenters. The minimum atomic E-state index is 0.555. The number of aromatic nitrogens is 4. The molecule has 0 aromatic carbocycles. The second kappa shape index (κ2) is 6.04. The van der Waals surface area contributed by atoms with E-state index in [0.717, 1.165) is 56.0 Å². The number of fused-ring (bicyclic) bond motifs is 1. The van der Waals surface area contributed by atoms with E-state index in [9.17, 15) is 0 Å². The Hall–Kier alpha value is -1.89. The minimum absolute atomic E-state index is 0.555. The van der Waals surface area contributed by atoms with E-state index >= 15 is 0 Å². The van der Waals surface area contributed by atoms with Gasteiger partial charge in [-0.1, -0.05) is 6.92 Å². The van der Waals surface area contributed by atoms with Crippen LogP contribution in [0, 0.1) is 5.92 Å². The third-order valence-corrected chi connectivity index (χ3v) is 3.43. The summed E-state index contributed by atoms with van der Waals surface area (Å²) >= 11 is 0. The highest BCUT2D eigenvalue weighted by molar-refractivity contribution is 5.86. The van der Waals surface area contributed by atoms with Crippen LogP contribution < -0.4 is 10.6 Å². The Morgan fingerprint density at radius 1 is 1.40 bits per heavy atom. The molecule has 1 aliphatic rings. The number of hydrogen-bond donors (Lipinski definition) is 3. The lowest BCUT2D eigenvalue weighted by molar-refractivity contribution is 0.187. The Labute approximate surface area is 117 Å². The summed E-state index contributed by atoms with van der Waals surface area (Å²) in [6.07, 6.45) is 3.90. The molecule has 0 aliphatic carbocycles. The number of rotatable bonds is 6. The van der Waals surface area contributed by atoms with E-state index in [1.165, 1.54) is 0 Å². The lowest BCUT2D eigenvalue weighted by Crippen LogP contribution is -2.16. The fourth-order valence-corrected chi connectivity index (χ4v) is 2.27. The van der Waals surface area contributed by atoms with Crippen molar-refractivity contribution in [1.29, 1.82) is 0 Å². The maximum Gasteiger partial charge on any atom is 0.226 e. The molecule has 0 spiro atoms. The van der Waals surface area contributed by atoms with E-state index in [1.807, 2.05) is 0 Å². The fourth-order valence-electron chi connectivity index (χ4n) is 2.27. The normalized spacial score (nSPS) is 18.6. The molecule has 2 aromatic heterocycles. The SMILES string of the molecule is CCCNc1nc(NCC2CCOC2)c2cn[nH]c2n1. The molecule has 0 amide bonds. The number of H-pyrrole nitrogens is 1. The third-order valence-electron chi connectivity index (χ3n) is 3.43. The van der Waals surface area contributed by atoms with Gasteiger partial charge in [-0.3, -0.25) is 5.10 Å². The van der Waals surface area contributed by atoms with Crippen molar-refractivity contribution in [2.24, 2.45) is 5.92 Å². The van der Waals surface area contributed by atoms with Crippen molar-refractivity contribution in [3.8, 4) is 0 Å². The van der Waals surface area contributed by atoms with Crippen LogP contribution in [0.3, 0.4) is 0 Å². The molecule has 20 heavy (non-hydrogen) atoms. The topological polar surface area (TPSA) is 87.8 Å². The zero-order valence-corrected chi connectivity index (χ0v) is 11.6. The lowest BCUT2D eigenvalue weighted by atomic mass is 10.1. The summed E-state index contributed by atoms with van der Waals surface area (Å²) in [7, 11) is 0. The summed E-state index contributed by atoms with van der Waals surface area (Å²) in [6, 6.07) is 0. The van der Waals surface area contributed by atoms with Gasteiger partial charge < -0.3 is 15.4 Å². The molecule has 2 aromatic rings. The van der Waals surface area contributed by atoms with Gasteiger partial charge in [-0.15, -0.1) is 0 Å². The van der Waals surface area contributed by atoms with Gasteiger partial charge in [-0.25, -0.2) is 0 Å². The summed E-state index contributed by atoms with van der Waals surface area (Å²) in [5.41, 5.74) is 0.753. The van der Waals surface area contributed by atoms with E-state index in [2.05, 4.69) is 37.7 Å². The first-order valence-corrected chi connectivity index (χ1v) is 7.13. The molecule has 3 rings (SSSR count). The molecule has 108 valence electrons. The fraction of sp³-hybridized carbons (Fsp3) is 0.615. The summed E-state index contributed by atoms with van der Waals surface area (Å²) in [4.78, 5) is 8.95. The average Bonchev–Trinajstić information content (AvgIpc) is 3.13. The van der Waals surface area contributed by atoms with Gasteiger partial charge in [0, 0.05) is 25.6 Å². The van der Waals surface area contributed by atoms with E-state index < -0.39 is 0 Å². The van der Waals surface area contributed by atoms with Gasteiger partial charge in [0.2, 0.25) is 5.95 Å². The molecule has 7 nitrogen and oxygen atoms in total. The smallest absolute Gasteiger partial charge is 0.226 e. The Bertz CT molecular complexity index is 563. The van der Waals surface area contributed by atoms with Crippen LogP contribution in [-0.2, 0) is 4.74 Å². The van der Waals surface area contributed by atoms with Crippen LogP contribution in [0.15, 0.2) is 6.20 Å². The van der Waals surface area contributed by atoms with Gasteiger partial charge in [0.15, 0.2) is 5.65 Å². The molecule has 1 aliphatic heterocycles. The van der Waals surface area contributed by atoms with Crippen LogP contribution in [0.2, 0.25) is 0 Å². The molecule has 1 fully saturated rings. The first kappa shape index (κ1) is 13.1. The quantitative estimate of drug-likeness (QED) is 0.743. The number of nitrogens with zero attached hydrogens (tertiary/aromatic N) is 3. The first-order valence-electron chi connectivity index (χ1n) is 7.13. The highest BCUT2D eigenvalue weighted by atomic mass is 16.5. The molecule has 3 heterocycles. The van der Waals surface area contributed by atoms with Gasteiger partial charge in [-0.2, -0.15) is 15.1 Å². The summed E-state index contributed by atoms with van der Waals surface area (Å²) in [6.45, 7) is 5.52. The maximum atomic E-state index is 5.39. The van der Waals surface area contributed by atoms with Gasteiger partial charge >= 0.3 is 0 Å². The Morgan fingerprint density at radius 3 is 3.15 bits per heavy atom. The lowest BCUT2D eigenvalue weighted by Gasteiger charge is -2.12. The van der Waals surface area contributed by atoms with Crippen molar-refractivity contribution in [2.75, 3.05) is 36.9 Å². The van der Waals surface area contributed by atoms with Crippen molar-refractivity contribution in [2.45, 2.75) is 19.8 Å². The monoisotopic (exact) mass is 276 g/mol. The predicted octanol–water partition coefficient (Wildman–Crippen LogP) is 1.62. The van der Waals surface area contributed by atoms with E-state index in [4.69, 9.17) is 4.74 Å². The van der Waals surface area contributed by atoms with Crippen molar-refractivity contribution in [1.82, 2.24) is 20.2 Å². The second-order valence-corrected chi connectivity index (χ2v) is 5.07. The van der Waals surface area contributed by atoms with Crippen molar-refractivity contribution < 1.29 is 4.74 Å². The average molecular weight is 276 g/mol. The zero-order chi connectivity index (χ0) is 13.8. The van der Waals surface area contributed by atoms with Gasteiger partial charge in [-0.05, 0) is 12.8 Å². The molecular formula is C13H20N6O. The number of aromatic amines is 1. The standard InChI is InChI=1S/C13H20N6O/c1-2-4-14-13-17-11(10-7-16-19-12(10)18-13)15-6-9-3-5-20-8-9/h7,9H,2-6,8H2,1H3,(H3,14,15,16,17,18,19). The molecule has 0 radical (unpaired) electrons. The van der Waals surface area contributed by atoms with Gasteiger partial charge in [0.05, 0.1) is 18.2 Å². The van der Waals surface area contributed by atoms with Crippen molar-refractivity contribution in [3.05, 3.63) is 6.20 Å². The molecule has 1 unspecified atom stereocenters. The summed E-state index contributed by atoms with van der Waals surface area (Å²) in [5, 5.41) is 14.5. The van der Waals surface area contributed by atoms with Crippen molar-refractivity contribution >= 4 is 22.8 Å². The Morgan fingerprint density at radius 2 is 2.35 bits per heavy atom. The molecule has 0 bridgehead atoms. The molecule has 1 saturated heterocycles. The zero-order valence-electron chi connectivity index (χ0n) is 11.6. The van der Waals surface area contributed by atoms with E-state index in [1.54, 1.807) is 6.20 Å². The first-order chi connectivity index (χ1) is 9.86. The molecule has 3 N–H and O–H groups in total. The Kier molecular flexibility index (Phi) is 3.96. The predicted molar refractivity (Wildman–Crippen MR) is 77.9 cm³/mol. The van der Waals surface area contributed by atoms with Crippen LogP contribution >= 0.6 is 0 Å². The number of nitrogens with one attached hydrogen (secondary N) is 3. The van der Waals surface area contributed by atoms with Crippen LogP contribution in [0.25, 0.3) is 11.0 Å². The number of anilines is 2. The van der Waals surface area contributed by atoms with Gasteiger partial charge in [0.1, 0.15) is 5.82 Å².